The number of nitrogens with zero attached hydrogens (tertiary/aromatic N) is 1. The highest BCUT2D eigenvalue weighted by atomic mass is 16.5. The Balaban J connectivity index is 1.74. The second-order valence-electron chi connectivity index (χ2n) is 6.62. The molecular formula is C19H25NO6. The van der Waals surface area contributed by atoms with Gasteiger partial charge < -0.3 is 24.2 Å². The number of amides is 1. The van der Waals surface area contributed by atoms with Crippen LogP contribution in [0.25, 0.3) is 0 Å². The van der Waals surface area contributed by atoms with Gasteiger partial charge in [-0.25, -0.2) is 0 Å². The summed E-state index contributed by atoms with van der Waals surface area (Å²) in [4.78, 5) is 25.8. The monoisotopic (exact) mass is 363 g/mol. The Kier molecular flexibility index (Phi) is 5.98. The molecule has 2 aliphatic rings. The second kappa shape index (κ2) is 8.40. The van der Waals surface area contributed by atoms with Crippen molar-refractivity contribution in [2.24, 2.45) is 5.92 Å². The Hall–Kier alpha value is -2.28. The molecule has 3 rings (SSSR count). The van der Waals surface area contributed by atoms with E-state index in [4.69, 9.17) is 14.2 Å². The quantitative estimate of drug-likeness (QED) is 0.828. The van der Waals surface area contributed by atoms with E-state index in [1.807, 2.05) is 25.1 Å². The lowest BCUT2D eigenvalue weighted by Gasteiger charge is -2.36. The van der Waals surface area contributed by atoms with Gasteiger partial charge in [-0.2, -0.15) is 0 Å². The number of aliphatic carboxylic acids is 1. The van der Waals surface area contributed by atoms with Gasteiger partial charge in [0.25, 0.3) is 0 Å². The van der Waals surface area contributed by atoms with Crippen molar-refractivity contribution in [3.8, 4) is 11.5 Å². The number of carbonyl (C=O) groups excluding carboxylic acids is 1. The van der Waals surface area contributed by atoms with Crippen LogP contribution in [0.1, 0.15) is 25.3 Å². The van der Waals surface area contributed by atoms with Crippen molar-refractivity contribution < 1.29 is 28.9 Å². The maximum absolute atomic E-state index is 13.1. The average Bonchev–Trinajstić information content (AvgIpc) is 2.66. The summed E-state index contributed by atoms with van der Waals surface area (Å²) in [6.45, 7) is 3.56. The predicted octanol–water partition coefficient (Wildman–Crippen LogP) is 1.73. The van der Waals surface area contributed by atoms with Crippen LogP contribution < -0.4 is 9.47 Å². The normalized spacial score (nSPS) is 20.0. The maximum atomic E-state index is 13.1. The van der Waals surface area contributed by atoms with Gasteiger partial charge >= 0.3 is 5.97 Å². The van der Waals surface area contributed by atoms with Crippen LogP contribution in [0, 0.1) is 5.92 Å². The van der Waals surface area contributed by atoms with E-state index in [0.29, 0.717) is 39.1 Å². The van der Waals surface area contributed by atoms with Gasteiger partial charge in [-0.05, 0) is 49.9 Å². The van der Waals surface area contributed by atoms with Crippen molar-refractivity contribution in [3.05, 3.63) is 23.8 Å². The van der Waals surface area contributed by atoms with Crippen molar-refractivity contribution in [2.75, 3.05) is 33.0 Å². The number of carboxylic acid groups (broad SMARTS) is 1. The van der Waals surface area contributed by atoms with Crippen LogP contribution in [0.3, 0.4) is 0 Å². The smallest absolute Gasteiger partial charge is 0.323 e. The lowest BCUT2D eigenvalue weighted by atomic mass is 9.94. The summed E-state index contributed by atoms with van der Waals surface area (Å²) in [6, 6.07) is 5.51. The number of rotatable bonds is 6. The summed E-state index contributed by atoms with van der Waals surface area (Å²) in [7, 11) is 0. The number of hydrogen-bond donors (Lipinski definition) is 1. The lowest BCUT2D eigenvalue weighted by molar-refractivity contribution is -0.150. The SMILES string of the molecule is CCOc1ccc2c(c1)C[C@@H](C(=O)N(CC(=O)O)C1CCOCC1)CO2. The highest BCUT2D eigenvalue weighted by Gasteiger charge is 2.34. The molecule has 1 atom stereocenters. The Bertz CT molecular complexity index is 655. The molecule has 0 radical (unpaired) electrons. The zero-order valence-corrected chi connectivity index (χ0v) is 15.0. The number of fused-ring (bicyclic) bond motifs is 1. The van der Waals surface area contributed by atoms with E-state index in [1.54, 1.807) is 0 Å². The van der Waals surface area contributed by atoms with E-state index in [1.165, 1.54) is 4.90 Å². The van der Waals surface area contributed by atoms with Gasteiger partial charge in [0.15, 0.2) is 0 Å². The van der Waals surface area contributed by atoms with Gasteiger partial charge in [0.2, 0.25) is 5.91 Å². The minimum absolute atomic E-state index is 0.0940. The van der Waals surface area contributed by atoms with Crippen molar-refractivity contribution in [3.63, 3.8) is 0 Å². The van der Waals surface area contributed by atoms with Crippen LogP contribution in [-0.2, 0) is 20.7 Å². The van der Waals surface area contributed by atoms with Crippen LogP contribution in [0.2, 0.25) is 0 Å². The minimum Gasteiger partial charge on any atom is -0.494 e. The van der Waals surface area contributed by atoms with E-state index in [2.05, 4.69) is 0 Å². The summed E-state index contributed by atoms with van der Waals surface area (Å²) in [5.74, 6) is -0.0444. The van der Waals surface area contributed by atoms with Crippen LogP contribution >= 0.6 is 0 Å². The molecule has 1 fully saturated rings. The van der Waals surface area contributed by atoms with Gasteiger partial charge in [-0.3, -0.25) is 9.59 Å². The fourth-order valence-electron chi connectivity index (χ4n) is 3.55. The first-order chi connectivity index (χ1) is 12.6. The number of hydrogen-bond acceptors (Lipinski definition) is 5. The summed E-state index contributed by atoms with van der Waals surface area (Å²) < 4.78 is 16.6. The van der Waals surface area contributed by atoms with Gasteiger partial charge in [0.05, 0.1) is 12.5 Å². The van der Waals surface area contributed by atoms with Crippen LogP contribution in [-0.4, -0.2) is 60.9 Å². The zero-order chi connectivity index (χ0) is 18.5. The summed E-state index contributed by atoms with van der Waals surface area (Å²) in [5.41, 5.74) is 0.919. The van der Waals surface area contributed by atoms with E-state index >= 15 is 0 Å². The molecule has 0 aromatic heterocycles. The summed E-state index contributed by atoms with van der Waals surface area (Å²) in [6.07, 6.45) is 1.85. The first-order valence-electron chi connectivity index (χ1n) is 9.07. The number of carbonyl (C=O) groups is 2. The highest BCUT2D eigenvalue weighted by molar-refractivity contribution is 5.84. The minimum atomic E-state index is -0.999. The van der Waals surface area contributed by atoms with Crippen LogP contribution in [0.4, 0.5) is 0 Å². The molecule has 1 aromatic rings. The highest BCUT2D eigenvalue weighted by Crippen LogP contribution is 2.32. The molecule has 142 valence electrons. The summed E-state index contributed by atoms with van der Waals surface area (Å²) in [5, 5.41) is 9.24. The van der Waals surface area contributed by atoms with E-state index < -0.39 is 5.97 Å². The van der Waals surface area contributed by atoms with Crippen molar-refractivity contribution in [2.45, 2.75) is 32.2 Å². The third-order valence-corrected chi connectivity index (χ3v) is 4.82. The Morgan fingerprint density at radius 2 is 2.08 bits per heavy atom. The van der Waals surface area contributed by atoms with Gasteiger partial charge in [-0.1, -0.05) is 0 Å². The Morgan fingerprint density at radius 3 is 2.77 bits per heavy atom. The molecule has 0 saturated carbocycles. The molecule has 7 heteroatoms. The number of benzene rings is 1. The number of carboxylic acids is 1. The molecular weight excluding hydrogens is 338 g/mol. The maximum Gasteiger partial charge on any atom is 0.323 e. The lowest BCUT2D eigenvalue weighted by Crippen LogP contribution is -2.50. The summed E-state index contributed by atoms with van der Waals surface area (Å²) >= 11 is 0. The molecule has 2 heterocycles. The van der Waals surface area contributed by atoms with Crippen molar-refractivity contribution in [1.82, 2.24) is 4.90 Å². The largest absolute Gasteiger partial charge is 0.494 e. The third-order valence-electron chi connectivity index (χ3n) is 4.82. The number of ether oxygens (including phenoxy) is 3. The van der Waals surface area contributed by atoms with Gasteiger partial charge in [0.1, 0.15) is 24.7 Å². The molecule has 26 heavy (non-hydrogen) atoms. The van der Waals surface area contributed by atoms with Crippen molar-refractivity contribution in [1.29, 1.82) is 0 Å². The average molecular weight is 363 g/mol. The first-order valence-corrected chi connectivity index (χ1v) is 9.07. The molecule has 1 N–H and O–H groups in total. The third kappa shape index (κ3) is 4.27. The topological polar surface area (TPSA) is 85.3 Å². The predicted molar refractivity (Wildman–Crippen MR) is 93.5 cm³/mol. The molecule has 1 saturated heterocycles. The molecule has 1 aromatic carbocycles. The van der Waals surface area contributed by atoms with E-state index in [-0.39, 0.29) is 31.0 Å². The molecule has 2 aliphatic heterocycles. The van der Waals surface area contributed by atoms with E-state index in [0.717, 1.165) is 17.1 Å². The molecule has 0 bridgehead atoms. The van der Waals surface area contributed by atoms with Crippen LogP contribution in [0.15, 0.2) is 18.2 Å². The zero-order valence-electron chi connectivity index (χ0n) is 15.0. The molecule has 0 unspecified atom stereocenters. The van der Waals surface area contributed by atoms with E-state index in [9.17, 15) is 14.7 Å². The molecule has 0 spiro atoms. The fraction of sp³-hybridized carbons (Fsp3) is 0.579. The first kappa shape index (κ1) is 18.5. The standard InChI is InChI=1S/C19H25NO6/c1-2-25-16-3-4-17-13(10-16)9-14(12-26-17)19(23)20(11-18(21)22)15-5-7-24-8-6-15/h3-4,10,14-15H,2,5-9,11-12H2,1H3,(H,21,22)/t14-/m1/s1. The molecule has 7 nitrogen and oxygen atoms in total. The molecule has 0 aliphatic carbocycles. The van der Waals surface area contributed by atoms with Crippen molar-refractivity contribution >= 4 is 11.9 Å². The van der Waals surface area contributed by atoms with Crippen LogP contribution in [0.5, 0.6) is 11.5 Å². The Morgan fingerprint density at radius 1 is 1.31 bits per heavy atom. The molecule has 1 amide bonds. The fourth-order valence-corrected chi connectivity index (χ4v) is 3.55. The van der Waals surface area contributed by atoms with Gasteiger partial charge in [-0.15, -0.1) is 0 Å². The second-order valence-corrected chi connectivity index (χ2v) is 6.62. The van der Waals surface area contributed by atoms with Gasteiger partial charge in [0, 0.05) is 19.3 Å². The Labute approximate surface area is 152 Å².